The van der Waals surface area contributed by atoms with Crippen LogP contribution in [0.1, 0.15) is 43.0 Å². The number of benzene rings is 2. The Balaban J connectivity index is 1.37. The Morgan fingerprint density at radius 1 is 1.23 bits per heavy atom. The molecule has 1 saturated heterocycles. The molecule has 1 amide bonds. The molecule has 2 aliphatic heterocycles. The van der Waals surface area contributed by atoms with Gasteiger partial charge >= 0.3 is 0 Å². The van der Waals surface area contributed by atoms with Gasteiger partial charge in [-0.2, -0.15) is 10.2 Å². The van der Waals surface area contributed by atoms with Gasteiger partial charge in [0.15, 0.2) is 0 Å². The molecule has 0 bridgehead atoms. The van der Waals surface area contributed by atoms with E-state index in [-0.39, 0.29) is 23.4 Å². The van der Waals surface area contributed by atoms with Crippen LogP contribution in [0.4, 0.5) is 14.5 Å². The second-order valence-electron chi connectivity index (χ2n) is 9.37. The lowest BCUT2D eigenvalue weighted by Crippen LogP contribution is -2.46. The van der Waals surface area contributed by atoms with Crippen LogP contribution in [0.3, 0.4) is 0 Å². The molecule has 0 spiro atoms. The lowest BCUT2D eigenvalue weighted by molar-refractivity contribution is -0.149. The van der Waals surface area contributed by atoms with Gasteiger partial charge in [-0.3, -0.25) is 4.79 Å². The van der Waals surface area contributed by atoms with Gasteiger partial charge in [0.25, 0.3) is 5.92 Å². The Kier molecular flexibility index (Phi) is 6.23. The van der Waals surface area contributed by atoms with Crippen LogP contribution >= 0.6 is 0 Å². The Bertz CT molecular complexity index is 1280. The topological polar surface area (TPSA) is 67.4 Å². The number of fused-ring (bicyclic) bond motifs is 1. The number of carbonyl (C=O) groups excluding carboxylic acids is 1. The fourth-order valence-corrected chi connectivity index (χ4v) is 4.54. The summed E-state index contributed by atoms with van der Waals surface area (Å²) in [7, 11) is 0. The fourth-order valence-electron chi connectivity index (χ4n) is 4.54. The zero-order valence-corrected chi connectivity index (χ0v) is 19.8. The molecule has 1 fully saturated rings. The first kappa shape index (κ1) is 23.4. The maximum atomic E-state index is 13.8. The summed E-state index contributed by atoms with van der Waals surface area (Å²) in [5.41, 5.74) is 4.56. The average molecular weight is 479 g/mol. The molecule has 0 aliphatic carbocycles. The van der Waals surface area contributed by atoms with E-state index < -0.39 is 5.92 Å². The van der Waals surface area contributed by atoms with Gasteiger partial charge < -0.3 is 15.0 Å². The summed E-state index contributed by atoms with van der Waals surface area (Å²) >= 11 is 0. The second-order valence-corrected chi connectivity index (χ2v) is 9.37. The number of hydrogen-bond donors (Lipinski definition) is 1. The van der Waals surface area contributed by atoms with Crippen molar-refractivity contribution >= 4 is 28.1 Å². The Morgan fingerprint density at radius 3 is 2.74 bits per heavy atom. The molecular weight excluding hydrogens is 450 g/mol. The van der Waals surface area contributed by atoms with Crippen molar-refractivity contribution in [2.24, 2.45) is 5.92 Å². The highest BCUT2D eigenvalue weighted by molar-refractivity contribution is 5.93. The number of nitrogens with zero attached hydrogens (tertiary/aromatic N) is 3. The number of alkyl halides is 2. The van der Waals surface area contributed by atoms with Gasteiger partial charge in [0, 0.05) is 37.0 Å². The molecule has 2 aromatic carbocycles. The lowest BCUT2D eigenvalue weighted by atomic mass is 9.96. The van der Waals surface area contributed by atoms with Crippen LogP contribution in [0.25, 0.3) is 16.5 Å². The van der Waals surface area contributed by atoms with Crippen LogP contribution in [0.5, 0.6) is 0 Å². The molecule has 5 rings (SSSR count). The minimum atomic E-state index is -2.89. The number of rotatable bonds is 6. The van der Waals surface area contributed by atoms with E-state index in [9.17, 15) is 13.6 Å². The SMILES string of the molecule is C[C@@H](Nc1cnnc2ccc(C3=CCN(C(=O)C4COC4)CC3)cc12)c1cccc(C(C)(F)F)c1. The molecule has 0 unspecified atom stereocenters. The van der Waals surface area contributed by atoms with Crippen molar-refractivity contribution in [3.63, 3.8) is 0 Å². The van der Waals surface area contributed by atoms with Crippen LogP contribution in [0.2, 0.25) is 0 Å². The summed E-state index contributed by atoms with van der Waals surface area (Å²) < 4.78 is 32.8. The van der Waals surface area contributed by atoms with E-state index in [2.05, 4.69) is 27.7 Å². The summed E-state index contributed by atoms with van der Waals surface area (Å²) in [6.45, 7) is 5.18. The summed E-state index contributed by atoms with van der Waals surface area (Å²) in [5, 5.41) is 12.7. The molecule has 3 aromatic rings. The number of ether oxygens (including phenoxy) is 1. The summed E-state index contributed by atoms with van der Waals surface area (Å²) in [6, 6.07) is 12.3. The number of hydrogen-bond acceptors (Lipinski definition) is 5. The molecule has 1 atom stereocenters. The van der Waals surface area contributed by atoms with Crippen molar-refractivity contribution in [1.82, 2.24) is 15.1 Å². The number of amides is 1. The molecule has 35 heavy (non-hydrogen) atoms. The van der Waals surface area contributed by atoms with Gasteiger partial charge in [0.05, 0.1) is 36.5 Å². The van der Waals surface area contributed by atoms with Gasteiger partial charge in [-0.1, -0.05) is 30.3 Å². The second kappa shape index (κ2) is 9.34. The third kappa shape index (κ3) is 4.89. The maximum absolute atomic E-state index is 13.8. The highest BCUT2D eigenvalue weighted by Crippen LogP contribution is 2.32. The summed E-state index contributed by atoms with van der Waals surface area (Å²) in [5.74, 6) is -2.72. The molecule has 3 heterocycles. The molecule has 1 aromatic heterocycles. The number of aromatic nitrogens is 2. The van der Waals surface area contributed by atoms with Crippen molar-refractivity contribution in [3.8, 4) is 0 Å². The Labute approximate surface area is 203 Å². The minimum Gasteiger partial charge on any atom is -0.380 e. The van der Waals surface area contributed by atoms with E-state index in [4.69, 9.17) is 4.74 Å². The van der Waals surface area contributed by atoms with E-state index >= 15 is 0 Å². The van der Waals surface area contributed by atoms with Gasteiger partial charge in [-0.15, -0.1) is 0 Å². The van der Waals surface area contributed by atoms with Gasteiger partial charge in [-0.05, 0) is 48.2 Å². The zero-order chi connectivity index (χ0) is 24.6. The Morgan fingerprint density at radius 2 is 2.06 bits per heavy atom. The smallest absolute Gasteiger partial charge is 0.270 e. The van der Waals surface area contributed by atoms with Crippen molar-refractivity contribution in [3.05, 3.63) is 71.4 Å². The van der Waals surface area contributed by atoms with Gasteiger partial charge in [0.2, 0.25) is 5.91 Å². The third-order valence-corrected chi connectivity index (χ3v) is 6.78. The molecule has 2 aliphatic rings. The first-order valence-electron chi connectivity index (χ1n) is 11.9. The van der Waals surface area contributed by atoms with Crippen LogP contribution < -0.4 is 5.32 Å². The standard InChI is InChI=1S/C27H28F2N4O2/c1-17(19-4-3-5-22(12-19)27(2,28)29)31-25-14-30-32-24-7-6-20(13-23(24)25)18-8-10-33(11-9-18)26(34)21-15-35-16-21/h3-8,12-14,17,21H,9-11,15-16H2,1-2H3,(H,31,32)/t17-/m1/s1. The monoisotopic (exact) mass is 478 g/mol. The first-order chi connectivity index (χ1) is 16.8. The predicted molar refractivity (Wildman–Crippen MR) is 131 cm³/mol. The summed E-state index contributed by atoms with van der Waals surface area (Å²) in [6.07, 6.45) is 4.56. The number of carbonyl (C=O) groups is 1. The largest absolute Gasteiger partial charge is 0.380 e. The molecular formula is C27H28F2N4O2. The quantitative estimate of drug-likeness (QED) is 0.529. The van der Waals surface area contributed by atoms with Gasteiger partial charge in [0.1, 0.15) is 0 Å². The van der Waals surface area contributed by atoms with E-state index in [1.165, 1.54) is 17.7 Å². The fraction of sp³-hybridized carbons (Fsp3) is 0.370. The van der Waals surface area contributed by atoms with Crippen LogP contribution in [0, 0.1) is 5.92 Å². The van der Waals surface area contributed by atoms with Crippen molar-refractivity contribution in [1.29, 1.82) is 0 Å². The van der Waals surface area contributed by atoms with E-state index in [0.29, 0.717) is 26.3 Å². The molecule has 6 nitrogen and oxygen atoms in total. The average Bonchev–Trinajstić information content (AvgIpc) is 2.82. The van der Waals surface area contributed by atoms with E-state index in [0.717, 1.165) is 41.1 Å². The van der Waals surface area contributed by atoms with E-state index in [1.807, 2.05) is 30.0 Å². The maximum Gasteiger partial charge on any atom is 0.270 e. The van der Waals surface area contributed by atoms with Crippen molar-refractivity contribution in [2.45, 2.75) is 32.2 Å². The third-order valence-electron chi connectivity index (χ3n) is 6.78. The number of halogens is 2. The molecule has 0 radical (unpaired) electrons. The highest BCUT2D eigenvalue weighted by Gasteiger charge is 2.31. The molecule has 1 N–H and O–H groups in total. The number of anilines is 1. The van der Waals surface area contributed by atoms with Gasteiger partial charge in [-0.25, -0.2) is 8.78 Å². The van der Waals surface area contributed by atoms with Crippen LogP contribution in [0.15, 0.2) is 54.7 Å². The van der Waals surface area contributed by atoms with Crippen molar-refractivity contribution < 1.29 is 18.3 Å². The highest BCUT2D eigenvalue weighted by atomic mass is 19.3. The van der Waals surface area contributed by atoms with Crippen LogP contribution in [-0.4, -0.2) is 47.3 Å². The van der Waals surface area contributed by atoms with Crippen LogP contribution in [-0.2, 0) is 15.5 Å². The first-order valence-corrected chi connectivity index (χ1v) is 11.9. The predicted octanol–water partition coefficient (Wildman–Crippen LogP) is 5.18. The zero-order valence-electron chi connectivity index (χ0n) is 19.8. The number of nitrogens with one attached hydrogen (secondary N) is 1. The molecule has 8 heteroatoms. The summed E-state index contributed by atoms with van der Waals surface area (Å²) in [4.78, 5) is 14.4. The van der Waals surface area contributed by atoms with E-state index in [1.54, 1.807) is 12.3 Å². The molecule has 182 valence electrons. The molecule has 0 saturated carbocycles. The minimum absolute atomic E-state index is 0.00376. The normalized spacial score (nSPS) is 17.6. The Hall–Kier alpha value is -3.39. The lowest BCUT2D eigenvalue weighted by Gasteiger charge is -2.33. The van der Waals surface area contributed by atoms with Crippen molar-refractivity contribution in [2.75, 3.05) is 31.6 Å².